The number of H-pyrrole nitrogens is 1. The summed E-state index contributed by atoms with van der Waals surface area (Å²) in [6.45, 7) is 5.59. The molecule has 26 heteroatoms. The summed E-state index contributed by atoms with van der Waals surface area (Å²) >= 11 is 0.921. The fourth-order valence-electron chi connectivity index (χ4n) is 8.65. The third-order valence-corrected chi connectivity index (χ3v) is 13.6. The number of benzene rings is 1. The Morgan fingerprint density at radius 2 is 1.51 bits per heavy atom. The number of aromatic amines is 1. The van der Waals surface area contributed by atoms with Gasteiger partial charge in [0.05, 0.1) is 42.2 Å². The molecule has 2 aromatic rings. The molecule has 72 heavy (non-hydrogen) atoms. The number of Topliss-reactive ketones (excluding diaryl/α,β-unsaturated/α-hetero) is 1. The van der Waals surface area contributed by atoms with Crippen LogP contribution < -0.4 is 42.4 Å². The van der Waals surface area contributed by atoms with Crippen molar-refractivity contribution in [1.82, 2.24) is 41.8 Å². The summed E-state index contributed by atoms with van der Waals surface area (Å²) in [5, 5.41) is 26.6. The third kappa shape index (κ3) is 14.5. The fraction of sp³-hybridized carbons (Fsp3) is 0.565. The van der Waals surface area contributed by atoms with Gasteiger partial charge in [-0.15, -0.1) is 11.8 Å². The normalized spacial score (nSPS) is 25.4. The first kappa shape index (κ1) is 55.8. The highest BCUT2D eigenvalue weighted by Crippen LogP contribution is 2.38. The van der Waals surface area contributed by atoms with Crippen LogP contribution >= 0.6 is 11.8 Å². The van der Waals surface area contributed by atoms with Gasteiger partial charge in [0.25, 0.3) is 0 Å². The first-order valence-corrected chi connectivity index (χ1v) is 24.3. The van der Waals surface area contributed by atoms with E-state index in [1.807, 2.05) is 0 Å². The van der Waals surface area contributed by atoms with Crippen molar-refractivity contribution in [2.45, 2.75) is 121 Å². The third-order valence-electron chi connectivity index (χ3n) is 12.5. The SMILES string of the molecule is CC[C@H](C)[C@@H]1NC(=O)CNC(=O)C2CC(=O)[C@H](C(C)[C@H](COC(C)=O)OC(C)=O)NC(=O)[C@@H]3CC(O)CN3C(=O)C(CC(N)=O)NC(=O)C(CSc3[nH]c4cccc(OC(C)=O)c4c3C2)NC(=O)CNC1=O. The molecular formula is C46H61N9O16S. The number of thioether (sulfide) groups is 1. The van der Waals surface area contributed by atoms with Gasteiger partial charge in [0.15, 0.2) is 5.78 Å². The van der Waals surface area contributed by atoms with Crippen LogP contribution in [0.3, 0.4) is 0 Å². The Morgan fingerprint density at radius 3 is 2.15 bits per heavy atom. The number of aliphatic hydroxyl groups excluding tert-OH is 1. The molecule has 5 unspecified atom stereocenters. The number of ketones is 1. The summed E-state index contributed by atoms with van der Waals surface area (Å²) in [5.74, 6) is -14.4. The minimum Gasteiger partial charge on any atom is -0.462 e. The lowest BCUT2D eigenvalue weighted by Gasteiger charge is -2.33. The number of aliphatic hydroxyl groups is 1. The van der Waals surface area contributed by atoms with E-state index in [0.29, 0.717) is 11.9 Å². The van der Waals surface area contributed by atoms with Crippen LogP contribution in [-0.4, -0.2) is 160 Å². The van der Waals surface area contributed by atoms with E-state index in [1.54, 1.807) is 26.0 Å². The summed E-state index contributed by atoms with van der Waals surface area (Å²) in [5.41, 5.74) is 6.16. The van der Waals surface area contributed by atoms with Crippen molar-refractivity contribution < 1.29 is 76.9 Å². The smallest absolute Gasteiger partial charge is 0.308 e. The highest BCUT2D eigenvalue weighted by Gasteiger charge is 2.45. The topological polar surface area (TPSA) is 370 Å². The molecule has 1 saturated heterocycles. The second-order valence-electron chi connectivity index (χ2n) is 18.0. The van der Waals surface area contributed by atoms with Crippen LogP contribution in [-0.2, 0) is 73.4 Å². The standard InChI is InChI=1S/C46H61N9O16S/c1-7-20(2)39-44(67)49-15-36(62)50-30-19-72-45-27(38-28(52-45)9-8-10-33(38)70-23(5)57)11-25(41(64)48-16-37(63)53-39)12-32(60)40(21(3)34(71-24(6)58)18-69-22(4)56)54-43(66)31-13-26(59)17-55(31)46(68)29(14-35(47)61)51-42(30)65/h8-10,20-21,25-26,29-31,34,39-40,52,59H,7,11-19H2,1-6H3,(H2,47,61)(H,48,64)(H,49,67)(H,50,62)(H,51,65)(H,53,63)(H,54,66)/t20-,21?,25?,26?,29?,30?,31-,34-,39-,40-/m0/s1. The van der Waals surface area contributed by atoms with E-state index in [0.717, 1.165) is 37.4 Å². The molecule has 2 bridgehead atoms. The number of fused-ring (bicyclic) bond motifs is 5. The Hall–Kier alpha value is -7.09. The molecule has 10 atom stereocenters. The van der Waals surface area contributed by atoms with Crippen LogP contribution in [0.2, 0.25) is 0 Å². The van der Waals surface area contributed by atoms with Crippen LogP contribution in [0.25, 0.3) is 10.9 Å². The molecule has 1 aromatic heterocycles. The van der Waals surface area contributed by atoms with E-state index < -0.39 is 177 Å². The molecule has 3 aliphatic heterocycles. The van der Waals surface area contributed by atoms with Crippen molar-refractivity contribution in [2.24, 2.45) is 23.5 Å². The molecule has 4 heterocycles. The van der Waals surface area contributed by atoms with Gasteiger partial charge in [-0.1, -0.05) is 33.3 Å². The molecule has 8 amide bonds. The number of amides is 8. The summed E-state index contributed by atoms with van der Waals surface area (Å²) in [6, 6.07) is -3.26. The lowest BCUT2D eigenvalue weighted by Crippen LogP contribution is -2.60. The number of esters is 3. The Morgan fingerprint density at radius 1 is 0.833 bits per heavy atom. The minimum absolute atomic E-state index is 0.0197. The monoisotopic (exact) mass is 1030 g/mol. The maximum Gasteiger partial charge on any atom is 0.308 e. The lowest BCUT2D eigenvalue weighted by atomic mass is 9.85. The van der Waals surface area contributed by atoms with Gasteiger partial charge in [-0.25, -0.2) is 0 Å². The van der Waals surface area contributed by atoms with Gasteiger partial charge in [0.2, 0.25) is 47.3 Å². The lowest BCUT2D eigenvalue weighted by molar-refractivity contribution is -0.161. The van der Waals surface area contributed by atoms with Gasteiger partial charge in [-0.2, -0.15) is 0 Å². The average molecular weight is 1030 g/mol. The fourth-order valence-corrected chi connectivity index (χ4v) is 9.76. The maximum absolute atomic E-state index is 15.1. The molecular weight excluding hydrogens is 967 g/mol. The van der Waals surface area contributed by atoms with E-state index in [-0.39, 0.29) is 33.9 Å². The largest absolute Gasteiger partial charge is 0.462 e. The van der Waals surface area contributed by atoms with Crippen molar-refractivity contribution in [1.29, 1.82) is 0 Å². The van der Waals surface area contributed by atoms with Crippen molar-refractivity contribution in [3.63, 3.8) is 0 Å². The molecule has 0 spiro atoms. The second-order valence-corrected chi connectivity index (χ2v) is 19.0. The Bertz CT molecular complexity index is 2480. The summed E-state index contributed by atoms with van der Waals surface area (Å²) in [6.07, 6.45) is -4.74. The number of aromatic nitrogens is 1. The van der Waals surface area contributed by atoms with Gasteiger partial charge in [0.1, 0.15) is 42.6 Å². The predicted octanol–water partition coefficient (Wildman–Crippen LogP) is -2.48. The molecule has 392 valence electrons. The number of primary amides is 1. The number of ether oxygens (including phenoxy) is 3. The Kier molecular flexibility index (Phi) is 19.3. The number of carbonyl (C=O) groups is 12. The van der Waals surface area contributed by atoms with E-state index >= 15 is 4.79 Å². The summed E-state index contributed by atoms with van der Waals surface area (Å²) in [4.78, 5) is 167. The highest BCUT2D eigenvalue weighted by atomic mass is 32.2. The van der Waals surface area contributed by atoms with E-state index in [1.165, 1.54) is 13.0 Å². The molecule has 3 aliphatic rings. The molecule has 25 nitrogen and oxygen atoms in total. The highest BCUT2D eigenvalue weighted by molar-refractivity contribution is 7.99. The second kappa shape index (κ2) is 24.8. The van der Waals surface area contributed by atoms with Gasteiger partial charge in [-0.3, -0.25) is 57.5 Å². The van der Waals surface area contributed by atoms with Crippen LogP contribution in [0.4, 0.5) is 0 Å². The number of hydrogen-bond acceptors (Lipinski definition) is 17. The quantitative estimate of drug-likeness (QED) is 0.0879. The van der Waals surface area contributed by atoms with Crippen LogP contribution in [0.5, 0.6) is 5.75 Å². The van der Waals surface area contributed by atoms with Gasteiger partial charge < -0.3 is 66.8 Å². The van der Waals surface area contributed by atoms with E-state index in [9.17, 15) is 57.8 Å². The van der Waals surface area contributed by atoms with Gasteiger partial charge in [0, 0.05) is 63.1 Å². The van der Waals surface area contributed by atoms with Crippen LogP contribution in [0.15, 0.2) is 23.2 Å². The van der Waals surface area contributed by atoms with Crippen molar-refractivity contribution >= 4 is 93.6 Å². The molecule has 0 radical (unpaired) electrons. The molecule has 0 saturated carbocycles. The van der Waals surface area contributed by atoms with Crippen molar-refractivity contribution in [2.75, 3.05) is 32.0 Å². The minimum atomic E-state index is -1.80. The van der Waals surface area contributed by atoms with E-state index in [4.69, 9.17) is 19.9 Å². The van der Waals surface area contributed by atoms with E-state index in [2.05, 4.69) is 36.9 Å². The molecule has 1 aromatic carbocycles. The maximum atomic E-state index is 15.1. The number of nitrogens with one attached hydrogen (secondary N) is 7. The van der Waals surface area contributed by atoms with Crippen molar-refractivity contribution in [3.05, 3.63) is 23.8 Å². The van der Waals surface area contributed by atoms with Crippen LogP contribution in [0.1, 0.15) is 72.8 Å². The Balaban J connectivity index is 1.78. The molecule has 10 N–H and O–H groups in total. The first-order chi connectivity index (χ1) is 34.0. The van der Waals surface area contributed by atoms with Crippen molar-refractivity contribution in [3.8, 4) is 5.75 Å². The molecule has 1 fully saturated rings. The molecule has 5 rings (SSSR count). The zero-order chi connectivity index (χ0) is 53.1. The number of rotatable bonds is 10. The predicted molar refractivity (Wildman–Crippen MR) is 252 cm³/mol. The average Bonchev–Trinajstić information content (AvgIpc) is 3.88. The number of nitrogens with two attached hydrogens (primary N) is 1. The molecule has 0 aliphatic carbocycles. The van der Waals surface area contributed by atoms with Gasteiger partial charge in [-0.05, 0) is 30.0 Å². The number of nitrogens with zero attached hydrogens (tertiary/aromatic N) is 1. The van der Waals surface area contributed by atoms with Crippen LogP contribution in [0, 0.1) is 17.8 Å². The summed E-state index contributed by atoms with van der Waals surface area (Å²) in [7, 11) is 0. The number of hydrogen-bond donors (Lipinski definition) is 9. The summed E-state index contributed by atoms with van der Waals surface area (Å²) < 4.78 is 16.3. The number of carbonyl (C=O) groups excluding carboxylic acids is 12. The first-order valence-electron chi connectivity index (χ1n) is 23.3. The zero-order valence-electron chi connectivity index (χ0n) is 40.6. The zero-order valence-corrected chi connectivity index (χ0v) is 41.4. The Labute approximate surface area is 417 Å². The van der Waals surface area contributed by atoms with Gasteiger partial charge >= 0.3 is 17.9 Å².